The molecule has 112 valence electrons. The van der Waals surface area contributed by atoms with Gasteiger partial charge in [-0.25, -0.2) is 4.39 Å². The predicted octanol–water partition coefficient (Wildman–Crippen LogP) is 5.59. The van der Waals surface area contributed by atoms with Crippen molar-refractivity contribution in [2.24, 2.45) is 0 Å². The Labute approximate surface area is 140 Å². The highest BCUT2D eigenvalue weighted by atomic mass is 79.9. The van der Waals surface area contributed by atoms with Gasteiger partial charge < -0.3 is 9.47 Å². The van der Waals surface area contributed by atoms with E-state index in [0.717, 1.165) is 0 Å². The highest BCUT2D eigenvalue weighted by Crippen LogP contribution is 2.43. The molecule has 21 heavy (non-hydrogen) atoms. The van der Waals surface area contributed by atoms with E-state index < -0.39 is 11.2 Å². The van der Waals surface area contributed by atoms with Crippen LogP contribution in [0.5, 0.6) is 11.5 Å². The predicted molar refractivity (Wildman–Crippen MR) is 86.4 cm³/mol. The Balaban J connectivity index is 2.59. The molecule has 2 aromatic carbocycles. The molecule has 6 heteroatoms. The second-order valence-corrected chi connectivity index (χ2v) is 5.92. The summed E-state index contributed by atoms with van der Waals surface area (Å²) in [5.41, 5.74) is 0.787. The van der Waals surface area contributed by atoms with E-state index in [1.54, 1.807) is 18.2 Å². The van der Waals surface area contributed by atoms with Gasteiger partial charge in [0.25, 0.3) is 0 Å². The fourth-order valence-electron chi connectivity index (χ4n) is 1.99. The molecule has 1 atom stereocenters. The van der Waals surface area contributed by atoms with Crippen LogP contribution in [0.4, 0.5) is 4.39 Å². The van der Waals surface area contributed by atoms with Gasteiger partial charge >= 0.3 is 0 Å². The van der Waals surface area contributed by atoms with Crippen LogP contribution in [0, 0.1) is 5.82 Å². The summed E-state index contributed by atoms with van der Waals surface area (Å²) in [5, 5.41) is -0.533. The number of alkyl halides is 1. The topological polar surface area (TPSA) is 18.5 Å². The number of benzene rings is 2. The molecule has 2 nitrogen and oxygen atoms in total. The van der Waals surface area contributed by atoms with Crippen LogP contribution >= 0.6 is 39.1 Å². The van der Waals surface area contributed by atoms with Gasteiger partial charge in [0, 0.05) is 16.1 Å². The molecular formula is C15H12BrCl2FO2. The van der Waals surface area contributed by atoms with Gasteiger partial charge in [-0.05, 0) is 40.2 Å². The number of hydrogen-bond donors (Lipinski definition) is 0. The van der Waals surface area contributed by atoms with E-state index in [0.29, 0.717) is 21.5 Å². The Morgan fingerprint density at radius 1 is 1.14 bits per heavy atom. The lowest BCUT2D eigenvalue weighted by molar-refractivity contribution is 0.397. The molecule has 0 saturated carbocycles. The van der Waals surface area contributed by atoms with Crippen LogP contribution < -0.4 is 9.47 Å². The first-order chi connectivity index (χ1) is 9.99. The van der Waals surface area contributed by atoms with Crippen LogP contribution in [0.25, 0.3) is 0 Å². The van der Waals surface area contributed by atoms with Crippen molar-refractivity contribution in [1.29, 1.82) is 0 Å². The van der Waals surface area contributed by atoms with Crippen molar-refractivity contribution in [1.82, 2.24) is 0 Å². The summed E-state index contributed by atoms with van der Waals surface area (Å²) < 4.78 is 25.3. The van der Waals surface area contributed by atoms with Crippen molar-refractivity contribution in [3.05, 3.63) is 56.8 Å². The number of rotatable bonds is 4. The molecule has 0 fully saturated rings. The minimum atomic E-state index is -0.796. The number of halogens is 4. The van der Waals surface area contributed by atoms with Crippen LogP contribution in [0.15, 0.2) is 34.8 Å². The van der Waals surface area contributed by atoms with Gasteiger partial charge in [0.05, 0.1) is 24.1 Å². The number of methoxy groups -OCH3 is 2. The first kappa shape index (κ1) is 16.4. The lowest BCUT2D eigenvalue weighted by Gasteiger charge is -2.18. The van der Waals surface area contributed by atoms with Gasteiger partial charge in [0.1, 0.15) is 17.3 Å². The van der Waals surface area contributed by atoms with Crippen LogP contribution in [0.3, 0.4) is 0 Å². The van der Waals surface area contributed by atoms with E-state index in [1.807, 2.05) is 0 Å². The molecule has 0 saturated heterocycles. The molecule has 0 spiro atoms. The summed E-state index contributed by atoms with van der Waals surface area (Å²) in [6.07, 6.45) is 0. The third-order valence-corrected chi connectivity index (χ3v) is 4.43. The summed E-state index contributed by atoms with van der Waals surface area (Å²) >= 11 is 15.9. The largest absolute Gasteiger partial charge is 0.496 e. The first-order valence-electron chi connectivity index (χ1n) is 5.99. The lowest BCUT2D eigenvalue weighted by Crippen LogP contribution is -2.02. The standard InChI is InChI=1S/C15H12BrCl2FO2/c1-20-12-7-9(16)13(21-2)6-8(12)15(18)14-10(17)4-3-5-11(14)19/h3-7,15H,1-2H3. The third kappa shape index (κ3) is 3.28. The fourth-order valence-corrected chi connectivity index (χ4v) is 3.19. The van der Waals surface area contributed by atoms with Crippen molar-refractivity contribution in [3.8, 4) is 11.5 Å². The Morgan fingerprint density at radius 3 is 2.38 bits per heavy atom. The molecule has 2 rings (SSSR count). The zero-order valence-corrected chi connectivity index (χ0v) is 14.4. The van der Waals surface area contributed by atoms with Crippen molar-refractivity contribution in [2.45, 2.75) is 5.38 Å². The second kappa shape index (κ2) is 6.86. The molecule has 0 aliphatic rings. The van der Waals surface area contributed by atoms with Crippen LogP contribution in [0.1, 0.15) is 16.5 Å². The smallest absolute Gasteiger partial charge is 0.133 e. The molecule has 0 radical (unpaired) electrons. The average Bonchev–Trinajstić information content (AvgIpc) is 2.46. The first-order valence-corrected chi connectivity index (χ1v) is 7.59. The van der Waals surface area contributed by atoms with Crippen molar-refractivity contribution < 1.29 is 13.9 Å². The normalized spacial score (nSPS) is 12.1. The summed E-state index contributed by atoms with van der Waals surface area (Å²) in [5.74, 6) is 0.623. The van der Waals surface area contributed by atoms with E-state index in [1.165, 1.54) is 26.4 Å². The molecule has 0 heterocycles. The molecule has 0 amide bonds. The molecule has 1 unspecified atom stereocenters. The molecule has 0 aliphatic carbocycles. The Morgan fingerprint density at radius 2 is 1.81 bits per heavy atom. The summed E-state index contributed by atoms with van der Waals surface area (Å²) in [6.45, 7) is 0. The maximum absolute atomic E-state index is 14.0. The second-order valence-electron chi connectivity index (χ2n) is 4.23. The Hall–Kier alpha value is -0.970. The van der Waals surface area contributed by atoms with Gasteiger partial charge in [-0.2, -0.15) is 0 Å². The van der Waals surface area contributed by atoms with Crippen molar-refractivity contribution in [2.75, 3.05) is 14.2 Å². The zero-order chi connectivity index (χ0) is 15.6. The van der Waals surface area contributed by atoms with E-state index in [-0.39, 0.29) is 10.6 Å². The van der Waals surface area contributed by atoms with Gasteiger partial charge in [0.2, 0.25) is 0 Å². The summed E-state index contributed by atoms with van der Waals surface area (Å²) in [4.78, 5) is 0. The minimum Gasteiger partial charge on any atom is -0.496 e. The molecule has 2 aromatic rings. The Bertz CT molecular complexity index is 644. The van der Waals surface area contributed by atoms with Crippen molar-refractivity contribution in [3.63, 3.8) is 0 Å². The SMILES string of the molecule is COc1cc(C(Cl)c2c(F)cccc2Cl)c(OC)cc1Br. The third-order valence-electron chi connectivity index (χ3n) is 3.03. The highest BCUT2D eigenvalue weighted by molar-refractivity contribution is 9.10. The Kier molecular flexibility index (Phi) is 5.36. The van der Waals surface area contributed by atoms with Gasteiger partial charge in [-0.3, -0.25) is 0 Å². The highest BCUT2D eigenvalue weighted by Gasteiger charge is 2.23. The summed E-state index contributed by atoms with van der Waals surface area (Å²) in [7, 11) is 3.06. The van der Waals surface area contributed by atoms with Gasteiger partial charge in [-0.1, -0.05) is 17.7 Å². The van der Waals surface area contributed by atoms with Gasteiger partial charge in [-0.15, -0.1) is 11.6 Å². The lowest BCUT2D eigenvalue weighted by atomic mass is 10.0. The zero-order valence-electron chi connectivity index (χ0n) is 11.3. The van der Waals surface area contributed by atoms with E-state index in [9.17, 15) is 4.39 Å². The molecular weight excluding hydrogens is 382 g/mol. The minimum absolute atomic E-state index is 0.212. The molecule has 0 aromatic heterocycles. The van der Waals surface area contributed by atoms with E-state index in [2.05, 4.69) is 15.9 Å². The number of hydrogen-bond acceptors (Lipinski definition) is 2. The molecule has 0 N–H and O–H groups in total. The number of ether oxygens (including phenoxy) is 2. The maximum atomic E-state index is 14.0. The monoisotopic (exact) mass is 392 g/mol. The molecule has 0 aliphatic heterocycles. The maximum Gasteiger partial charge on any atom is 0.133 e. The van der Waals surface area contributed by atoms with Crippen molar-refractivity contribution >= 4 is 39.1 Å². The molecule has 0 bridgehead atoms. The summed E-state index contributed by atoms with van der Waals surface area (Å²) in [6, 6.07) is 7.86. The average molecular weight is 394 g/mol. The van der Waals surface area contributed by atoms with Crippen LogP contribution in [-0.4, -0.2) is 14.2 Å². The quantitative estimate of drug-likeness (QED) is 0.630. The van der Waals surface area contributed by atoms with Crippen LogP contribution in [-0.2, 0) is 0 Å². The van der Waals surface area contributed by atoms with E-state index >= 15 is 0 Å². The van der Waals surface area contributed by atoms with Crippen LogP contribution in [0.2, 0.25) is 5.02 Å². The van der Waals surface area contributed by atoms with Gasteiger partial charge in [0.15, 0.2) is 0 Å². The van der Waals surface area contributed by atoms with E-state index in [4.69, 9.17) is 32.7 Å². The fraction of sp³-hybridized carbons (Fsp3) is 0.200.